The molecule has 1 aromatic heterocycles. The average Bonchev–Trinajstić information content (AvgIpc) is 3.44. The number of aliphatic hydroxyl groups excluding tert-OH is 1. The van der Waals surface area contributed by atoms with Gasteiger partial charge in [-0.1, -0.05) is 92.5 Å². The van der Waals surface area contributed by atoms with Crippen LogP contribution in [0.1, 0.15) is 56.2 Å². The monoisotopic (exact) mass is 768 g/mol. The highest BCUT2D eigenvalue weighted by Gasteiger charge is 2.45. The molecule has 0 spiro atoms. The first-order valence-electron chi connectivity index (χ1n) is 18.7. The number of carbonyl (C=O) groups excluding carboxylic acids is 3. The van der Waals surface area contributed by atoms with E-state index in [1.54, 1.807) is 12.3 Å². The number of pyridine rings is 1. The lowest BCUT2D eigenvalue weighted by molar-refractivity contribution is -0.129. The van der Waals surface area contributed by atoms with Crippen molar-refractivity contribution in [2.24, 2.45) is 17.0 Å². The van der Waals surface area contributed by atoms with Gasteiger partial charge in [0, 0.05) is 24.7 Å². The number of rotatable bonds is 17. The van der Waals surface area contributed by atoms with Gasteiger partial charge in [0.05, 0.1) is 35.3 Å². The Morgan fingerprint density at radius 1 is 1.04 bits per heavy atom. The average molecular weight is 769 g/mol. The van der Waals surface area contributed by atoms with Gasteiger partial charge in [0.2, 0.25) is 15.9 Å². The molecule has 1 saturated heterocycles. The Morgan fingerprint density at radius 2 is 1.75 bits per heavy atom. The number of fused-ring (bicyclic) bond motifs is 1. The van der Waals surface area contributed by atoms with Crippen LogP contribution in [0, 0.1) is 11.8 Å². The lowest BCUT2D eigenvalue weighted by Crippen LogP contribution is -2.57. The second-order valence-corrected chi connectivity index (χ2v) is 16.5. The van der Waals surface area contributed by atoms with Crippen LogP contribution < -0.4 is 5.32 Å². The molecule has 1 saturated carbocycles. The molecular formula is C41H48N6O7S. The van der Waals surface area contributed by atoms with Crippen molar-refractivity contribution in [3.05, 3.63) is 108 Å². The first-order chi connectivity index (χ1) is 26.5. The molecule has 0 bridgehead atoms. The fourth-order valence-electron chi connectivity index (χ4n) is 7.26. The quantitative estimate of drug-likeness (QED) is 0.0595. The van der Waals surface area contributed by atoms with Crippen LogP contribution in [0.25, 0.3) is 10.9 Å². The topological polar surface area (TPSA) is 173 Å². The number of hydrogen-bond donors (Lipinski definition) is 3. The van der Waals surface area contributed by atoms with Gasteiger partial charge in [-0.3, -0.25) is 19.5 Å². The van der Waals surface area contributed by atoms with Crippen LogP contribution in [-0.2, 0) is 32.6 Å². The van der Waals surface area contributed by atoms with Crippen LogP contribution >= 0.6 is 0 Å². The smallest absolute Gasteiger partial charge is 0.328 e. The Hall–Kier alpha value is -5.18. The number of oxime groups is 1. The number of benzene rings is 3. The molecular weight excluding hydrogens is 721 g/mol. The van der Waals surface area contributed by atoms with E-state index >= 15 is 0 Å². The number of nitrogens with one attached hydrogen (secondary N) is 1. The predicted molar refractivity (Wildman–Crippen MR) is 208 cm³/mol. The number of nitrogens with zero attached hydrogens (tertiary/aromatic N) is 5. The summed E-state index contributed by atoms with van der Waals surface area (Å²) in [7, 11) is -4.09. The van der Waals surface area contributed by atoms with Crippen LogP contribution in [0.2, 0.25) is 0 Å². The van der Waals surface area contributed by atoms with E-state index in [1.165, 1.54) is 39.7 Å². The molecule has 1 aliphatic heterocycles. The summed E-state index contributed by atoms with van der Waals surface area (Å²) >= 11 is 0. The first kappa shape index (κ1) is 39.5. The molecule has 3 aromatic carbocycles. The van der Waals surface area contributed by atoms with Gasteiger partial charge >= 0.3 is 6.03 Å². The van der Waals surface area contributed by atoms with Crippen LogP contribution in [0.3, 0.4) is 0 Å². The summed E-state index contributed by atoms with van der Waals surface area (Å²) < 4.78 is 29.5. The molecule has 1 aliphatic carbocycles. The number of amides is 4. The summed E-state index contributed by atoms with van der Waals surface area (Å²) in [4.78, 5) is 48.8. The molecule has 2 unspecified atom stereocenters. The van der Waals surface area contributed by atoms with Crippen molar-refractivity contribution < 1.29 is 33.1 Å². The summed E-state index contributed by atoms with van der Waals surface area (Å²) in [5.41, 5.74) is 2.81. The Kier molecular flexibility index (Phi) is 12.6. The van der Waals surface area contributed by atoms with E-state index in [2.05, 4.69) is 15.5 Å². The number of hydrogen-bond acceptors (Lipinski definition) is 9. The Balaban J connectivity index is 1.25. The molecule has 290 valence electrons. The Labute approximate surface area is 321 Å². The van der Waals surface area contributed by atoms with Crippen LogP contribution in [0.15, 0.2) is 101 Å². The lowest BCUT2D eigenvalue weighted by atomic mass is 9.85. The van der Waals surface area contributed by atoms with E-state index in [0.717, 1.165) is 46.2 Å². The minimum absolute atomic E-state index is 0.0183. The molecule has 4 aromatic rings. The minimum Gasteiger partial charge on any atom is -0.411 e. The van der Waals surface area contributed by atoms with E-state index in [1.807, 2.05) is 68.4 Å². The van der Waals surface area contributed by atoms with Crippen LogP contribution in [0.5, 0.6) is 0 Å². The van der Waals surface area contributed by atoms with E-state index in [-0.39, 0.29) is 49.3 Å². The number of urea groups is 1. The Morgan fingerprint density at radius 3 is 2.42 bits per heavy atom. The summed E-state index contributed by atoms with van der Waals surface area (Å²) in [6.45, 7) is 3.38. The van der Waals surface area contributed by atoms with Crippen LogP contribution in [-0.4, -0.2) is 99.7 Å². The molecule has 14 heteroatoms. The maximum Gasteiger partial charge on any atom is 0.328 e. The van der Waals surface area contributed by atoms with Gasteiger partial charge in [-0.2, -0.15) is 4.31 Å². The number of aliphatic hydroxyl groups is 1. The van der Waals surface area contributed by atoms with Gasteiger partial charge in [-0.25, -0.2) is 13.2 Å². The van der Waals surface area contributed by atoms with Gasteiger partial charge < -0.3 is 20.5 Å². The minimum atomic E-state index is -4.09. The molecule has 6 rings (SSSR count). The van der Waals surface area contributed by atoms with Gasteiger partial charge in [-0.05, 0) is 72.1 Å². The van der Waals surface area contributed by atoms with Gasteiger partial charge in [0.25, 0.3) is 5.91 Å². The largest absolute Gasteiger partial charge is 0.411 e. The van der Waals surface area contributed by atoms with E-state index in [4.69, 9.17) is 5.21 Å². The van der Waals surface area contributed by atoms with Gasteiger partial charge in [-0.15, -0.1) is 0 Å². The fourth-order valence-corrected chi connectivity index (χ4v) is 8.79. The number of sulfonamides is 1. The van der Waals surface area contributed by atoms with Crippen molar-refractivity contribution in [3.63, 3.8) is 0 Å². The molecule has 3 N–H and O–H groups in total. The lowest BCUT2D eigenvalue weighted by Gasteiger charge is -2.36. The number of carbonyl (C=O) groups is 3. The van der Waals surface area contributed by atoms with E-state index in [9.17, 15) is 27.9 Å². The highest BCUT2D eigenvalue weighted by molar-refractivity contribution is 7.89. The maximum atomic E-state index is 14.4. The molecule has 55 heavy (non-hydrogen) atoms. The van der Waals surface area contributed by atoms with Crippen molar-refractivity contribution >= 4 is 45.0 Å². The third-order valence-electron chi connectivity index (χ3n) is 10.8. The van der Waals surface area contributed by atoms with Gasteiger partial charge in [0.1, 0.15) is 12.6 Å². The normalized spacial score (nSPS) is 17.5. The summed E-state index contributed by atoms with van der Waals surface area (Å²) in [5, 5.41) is 27.7. The zero-order valence-corrected chi connectivity index (χ0v) is 31.9. The molecule has 2 aliphatic rings. The molecule has 0 radical (unpaired) electrons. The van der Waals surface area contributed by atoms with Crippen LogP contribution in [0.4, 0.5) is 4.79 Å². The maximum absolute atomic E-state index is 14.4. The molecule has 4 amide bonds. The fraction of sp³-hybridized carbons (Fsp3) is 0.390. The third kappa shape index (κ3) is 9.04. The highest BCUT2D eigenvalue weighted by Crippen LogP contribution is 2.30. The van der Waals surface area contributed by atoms with Crippen molar-refractivity contribution in [1.82, 2.24) is 24.4 Å². The molecule has 2 heterocycles. The van der Waals surface area contributed by atoms with E-state index < -0.39 is 46.1 Å². The number of imide groups is 1. The third-order valence-corrected chi connectivity index (χ3v) is 12.7. The van der Waals surface area contributed by atoms with Crippen molar-refractivity contribution in [1.29, 1.82) is 0 Å². The number of aromatic nitrogens is 1. The number of para-hydroxylation sites is 1. The van der Waals surface area contributed by atoms with Crippen molar-refractivity contribution in [2.75, 3.05) is 19.6 Å². The Bertz CT molecular complexity index is 2110. The standard InChI is InChI=1S/C41H48N6O7S/c1-3-28(2)39(47-27-38(49)46(41(47)51)25-32-20-21-42-35-15-8-7-14-34(32)35)40(50)44-36(22-29-10-5-4-6-11-29)37(48)26-45(24-31-12-9-13-31)55(53,54)33-18-16-30(17-19-33)23-43-52/h4-8,10-11,14-21,23,28,31,36-37,39,48,52H,3,9,12-13,22,24-27H2,1-2H3,(H,44,50)/b43-23+/t28?,36-,37+,39?/m0/s1. The first-order valence-corrected chi connectivity index (χ1v) is 20.2. The second-order valence-electron chi connectivity index (χ2n) is 14.5. The van der Waals surface area contributed by atoms with Crippen molar-refractivity contribution in [2.45, 2.75) is 75.6 Å². The van der Waals surface area contributed by atoms with Gasteiger partial charge in [0.15, 0.2) is 0 Å². The van der Waals surface area contributed by atoms with Crippen molar-refractivity contribution in [3.8, 4) is 0 Å². The molecule has 13 nitrogen and oxygen atoms in total. The molecule has 4 atom stereocenters. The predicted octanol–water partition coefficient (Wildman–Crippen LogP) is 4.80. The van der Waals surface area contributed by atoms with E-state index in [0.29, 0.717) is 12.0 Å². The summed E-state index contributed by atoms with van der Waals surface area (Å²) in [6, 6.07) is 21.9. The highest BCUT2D eigenvalue weighted by atomic mass is 32.2. The second kappa shape index (κ2) is 17.5. The summed E-state index contributed by atoms with van der Waals surface area (Å²) in [6.07, 6.45) is 4.92. The zero-order valence-electron chi connectivity index (χ0n) is 31.1. The SMILES string of the molecule is CCC(C)C(C(=O)N[C@@H](Cc1ccccc1)[C@H](O)CN(CC1CCC1)S(=O)(=O)c1ccc(/C=N/O)cc1)N1CC(=O)N(Cc2ccnc3ccccc23)C1=O. The molecule has 2 fully saturated rings. The zero-order chi connectivity index (χ0) is 39.1. The summed E-state index contributed by atoms with van der Waals surface area (Å²) in [5.74, 6) is -1.20.